The second-order valence-electron chi connectivity index (χ2n) is 6.99. The Labute approximate surface area is 174 Å². The molecule has 0 aliphatic rings. The predicted molar refractivity (Wildman–Crippen MR) is 118 cm³/mol. The second-order valence-corrected chi connectivity index (χ2v) is 10.1. The molecule has 29 heavy (non-hydrogen) atoms. The molecule has 3 aromatic rings. The Morgan fingerprint density at radius 2 is 1.76 bits per heavy atom. The molecule has 0 unspecified atom stereocenters. The van der Waals surface area contributed by atoms with Crippen LogP contribution < -0.4 is 5.19 Å². The SMILES string of the molecule is C#Cn1c(C(=O)OCC)c(C)c2c(C)c(C)c(S(=O)(=O)c3ccc([SiH3])cc3)cc21. The fourth-order valence-corrected chi connectivity index (χ4v) is 5.53. The van der Waals surface area contributed by atoms with Gasteiger partial charge in [0, 0.05) is 21.7 Å². The van der Waals surface area contributed by atoms with Gasteiger partial charge in [-0.3, -0.25) is 4.57 Å². The van der Waals surface area contributed by atoms with Crippen LogP contribution in [0.1, 0.15) is 34.1 Å². The van der Waals surface area contributed by atoms with Crippen molar-refractivity contribution in [2.24, 2.45) is 0 Å². The van der Waals surface area contributed by atoms with Gasteiger partial charge in [0.05, 0.1) is 21.9 Å². The molecule has 1 heterocycles. The highest BCUT2D eigenvalue weighted by molar-refractivity contribution is 7.91. The lowest BCUT2D eigenvalue weighted by Gasteiger charge is -2.13. The van der Waals surface area contributed by atoms with Crippen LogP contribution in [0.3, 0.4) is 0 Å². The van der Waals surface area contributed by atoms with E-state index >= 15 is 0 Å². The van der Waals surface area contributed by atoms with Crippen LogP contribution in [0.15, 0.2) is 40.1 Å². The molecule has 3 rings (SSSR count). The highest BCUT2D eigenvalue weighted by Crippen LogP contribution is 2.35. The average molecular weight is 426 g/mol. The standard InChI is InChI=1S/C22H23NO4SSi/c1-6-23-18-12-19(28(25,26)16-8-10-17(29)11-9-16)13(3)14(4)20(18)15(5)21(23)22(24)27-7-2/h1,8-12H,7H2,2-5,29H3. The van der Waals surface area contributed by atoms with E-state index in [2.05, 4.69) is 6.04 Å². The van der Waals surface area contributed by atoms with Crippen molar-refractivity contribution < 1.29 is 17.9 Å². The lowest BCUT2D eigenvalue weighted by atomic mass is 10.0. The third-order valence-electron chi connectivity index (χ3n) is 5.24. The zero-order valence-corrected chi connectivity index (χ0v) is 20.0. The topological polar surface area (TPSA) is 65.4 Å². The summed E-state index contributed by atoms with van der Waals surface area (Å²) in [6, 6.07) is 11.0. The Hall–Kier alpha value is -2.82. The van der Waals surface area contributed by atoms with Crippen molar-refractivity contribution in [3.05, 3.63) is 52.7 Å². The van der Waals surface area contributed by atoms with E-state index in [1.807, 2.05) is 19.1 Å². The van der Waals surface area contributed by atoms with Crippen molar-refractivity contribution in [1.82, 2.24) is 4.57 Å². The van der Waals surface area contributed by atoms with Gasteiger partial charge in [0.2, 0.25) is 9.84 Å². The van der Waals surface area contributed by atoms with Gasteiger partial charge in [-0.1, -0.05) is 23.7 Å². The summed E-state index contributed by atoms with van der Waals surface area (Å²) < 4.78 is 33.2. The summed E-state index contributed by atoms with van der Waals surface area (Å²) in [5.74, 6) is -0.525. The Kier molecular flexibility index (Phi) is 5.43. The summed E-state index contributed by atoms with van der Waals surface area (Å²) in [5.41, 5.74) is 2.86. The summed E-state index contributed by atoms with van der Waals surface area (Å²) in [4.78, 5) is 12.9. The molecule has 2 aromatic carbocycles. The van der Waals surface area contributed by atoms with Crippen LogP contribution >= 0.6 is 0 Å². The van der Waals surface area contributed by atoms with Gasteiger partial charge in [-0.25, -0.2) is 13.2 Å². The average Bonchev–Trinajstić information content (AvgIpc) is 2.96. The summed E-state index contributed by atoms with van der Waals surface area (Å²) in [7, 11) is -2.89. The van der Waals surface area contributed by atoms with Crippen LogP contribution in [0.5, 0.6) is 0 Å². The first kappa shape index (κ1) is 20.9. The minimum Gasteiger partial charge on any atom is -0.461 e. The van der Waals surface area contributed by atoms with Crippen LogP contribution in [0.4, 0.5) is 0 Å². The van der Waals surface area contributed by atoms with Gasteiger partial charge in [0.25, 0.3) is 0 Å². The Morgan fingerprint density at radius 1 is 1.14 bits per heavy atom. The van der Waals surface area contributed by atoms with Crippen molar-refractivity contribution in [2.75, 3.05) is 6.61 Å². The van der Waals surface area contributed by atoms with Gasteiger partial charge in [-0.05, 0) is 62.6 Å². The highest BCUT2D eigenvalue weighted by Gasteiger charge is 2.27. The molecule has 1 aromatic heterocycles. The van der Waals surface area contributed by atoms with Gasteiger partial charge >= 0.3 is 5.97 Å². The molecule has 0 amide bonds. The number of carbonyl (C=O) groups is 1. The monoisotopic (exact) mass is 425 g/mol. The number of sulfone groups is 1. The Balaban J connectivity index is 2.38. The second kappa shape index (κ2) is 7.54. The van der Waals surface area contributed by atoms with Gasteiger partial charge in [0.1, 0.15) is 5.69 Å². The van der Waals surface area contributed by atoms with Gasteiger partial charge in [0.15, 0.2) is 0 Å². The molecule has 7 heteroatoms. The maximum Gasteiger partial charge on any atom is 0.356 e. The van der Waals surface area contributed by atoms with Crippen LogP contribution in [0.25, 0.3) is 10.9 Å². The summed E-state index contributed by atoms with van der Waals surface area (Å²) >= 11 is 0. The number of aromatic nitrogens is 1. The van der Waals surface area contributed by atoms with E-state index in [0.717, 1.165) is 26.4 Å². The summed E-state index contributed by atoms with van der Waals surface area (Å²) in [6.45, 7) is 7.37. The number of rotatable bonds is 4. The fraction of sp³-hybridized carbons (Fsp3) is 0.227. The van der Waals surface area contributed by atoms with Crippen molar-refractivity contribution in [1.29, 1.82) is 0 Å². The van der Waals surface area contributed by atoms with E-state index in [9.17, 15) is 13.2 Å². The van der Waals surface area contributed by atoms with Crippen LogP contribution in [-0.2, 0) is 14.6 Å². The minimum atomic E-state index is -3.74. The highest BCUT2D eigenvalue weighted by atomic mass is 32.2. The van der Waals surface area contributed by atoms with Crippen molar-refractivity contribution in [3.63, 3.8) is 0 Å². The zero-order valence-electron chi connectivity index (χ0n) is 17.2. The number of aryl methyl sites for hydroxylation is 2. The molecule has 5 nitrogen and oxygen atoms in total. The molecule has 0 spiro atoms. The normalized spacial score (nSPS) is 11.6. The number of hydrogen-bond acceptors (Lipinski definition) is 4. The lowest BCUT2D eigenvalue weighted by molar-refractivity contribution is 0.0517. The maximum atomic E-state index is 13.3. The third-order valence-corrected chi connectivity index (χ3v) is 7.81. The lowest BCUT2D eigenvalue weighted by Crippen LogP contribution is -2.11. The predicted octanol–water partition coefficient (Wildman–Crippen LogP) is 2.01. The van der Waals surface area contributed by atoms with E-state index in [0.29, 0.717) is 16.6 Å². The van der Waals surface area contributed by atoms with E-state index in [-0.39, 0.29) is 22.1 Å². The van der Waals surface area contributed by atoms with Crippen molar-refractivity contribution >= 4 is 42.1 Å². The first-order chi connectivity index (χ1) is 13.6. The smallest absolute Gasteiger partial charge is 0.356 e. The largest absolute Gasteiger partial charge is 0.461 e. The number of carbonyl (C=O) groups excluding carboxylic acids is 1. The molecule has 150 valence electrons. The van der Waals surface area contributed by atoms with E-state index in [4.69, 9.17) is 11.2 Å². The van der Waals surface area contributed by atoms with Crippen LogP contribution in [0, 0.1) is 33.2 Å². The molecule has 0 aliphatic heterocycles. The number of benzene rings is 2. The molecule has 0 radical (unpaired) electrons. The molecule has 0 saturated carbocycles. The quantitative estimate of drug-likeness (QED) is 0.364. The number of fused-ring (bicyclic) bond motifs is 1. The molecule has 0 atom stereocenters. The fourth-order valence-electron chi connectivity index (χ4n) is 3.63. The van der Waals surface area contributed by atoms with Gasteiger partial charge < -0.3 is 4.74 Å². The molecule has 0 aliphatic carbocycles. The molecule has 0 fully saturated rings. The number of hydrogen-bond donors (Lipinski definition) is 0. The third kappa shape index (κ3) is 3.28. The van der Waals surface area contributed by atoms with Crippen LogP contribution in [0.2, 0.25) is 0 Å². The van der Waals surface area contributed by atoms with Crippen LogP contribution in [-0.4, -0.2) is 35.8 Å². The molecular formula is C22H23NO4SSi. The number of terminal acetylenes is 1. The molecular weight excluding hydrogens is 402 g/mol. The first-order valence-corrected chi connectivity index (χ1v) is 11.7. The summed E-state index contributed by atoms with van der Waals surface area (Å²) in [5, 5.41) is 1.89. The number of ether oxygens (including phenoxy) is 1. The maximum absolute atomic E-state index is 13.3. The van der Waals surface area contributed by atoms with Gasteiger partial charge in [-0.2, -0.15) is 0 Å². The summed E-state index contributed by atoms with van der Waals surface area (Å²) in [6.07, 6.45) is 5.70. The van der Waals surface area contributed by atoms with Crippen molar-refractivity contribution in [3.8, 4) is 12.5 Å². The Bertz CT molecular complexity index is 1280. The first-order valence-electron chi connectivity index (χ1n) is 9.25. The number of nitrogens with zero attached hydrogens (tertiary/aromatic N) is 1. The van der Waals surface area contributed by atoms with E-state index in [1.165, 1.54) is 4.57 Å². The zero-order chi connectivity index (χ0) is 21.5. The van der Waals surface area contributed by atoms with E-state index in [1.54, 1.807) is 39.0 Å². The molecule has 0 N–H and O–H groups in total. The number of esters is 1. The van der Waals surface area contributed by atoms with Gasteiger partial charge in [-0.15, -0.1) is 0 Å². The minimum absolute atomic E-state index is 0.188. The molecule has 0 bridgehead atoms. The van der Waals surface area contributed by atoms with Crippen molar-refractivity contribution in [2.45, 2.75) is 37.5 Å². The molecule has 0 saturated heterocycles. The van der Waals surface area contributed by atoms with E-state index < -0.39 is 15.8 Å². The Morgan fingerprint density at radius 3 is 2.31 bits per heavy atom.